The molecule has 1 atom stereocenters. The molecule has 1 aliphatic heterocycles. The van der Waals surface area contributed by atoms with Crippen LogP contribution in [0.25, 0.3) is 11.0 Å². The highest BCUT2D eigenvalue weighted by atomic mass is 32.2. The lowest BCUT2D eigenvalue weighted by atomic mass is 9.74. The molecule has 3 N–H and O–H groups in total. The minimum atomic E-state index is -3.59. The van der Waals surface area contributed by atoms with Crippen LogP contribution < -0.4 is 10.0 Å². The topological polar surface area (TPSA) is 108 Å². The highest BCUT2D eigenvalue weighted by Crippen LogP contribution is 2.41. The van der Waals surface area contributed by atoms with Gasteiger partial charge in [0.05, 0.1) is 5.39 Å². The maximum atomic E-state index is 11.7. The normalized spacial score (nSPS) is 28.2. The Balaban J connectivity index is 1.47. The summed E-state index contributed by atoms with van der Waals surface area (Å²) < 4.78 is 24.9. The molecule has 24 heavy (non-hydrogen) atoms. The van der Waals surface area contributed by atoms with Crippen molar-refractivity contribution in [2.24, 2.45) is 11.1 Å². The Morgan fingerprint density at radius 2 is 2.17 bits per heavy atom. The molecule has 1 saturated heterocycles. The Hall–Kier alpha value is -1.71. The fourth-order valence-corrected chi connectivity index (χ4v) is 5.16. The van der Waals surface area contributed by atoms with Gasteiger partial charge < -0.3 is 9.88 Å². The van der Waals surface area contributed by atoms with Crippen molar-refractivity contribution in [2.75, 3.05) is 18.5 Å². The van der Waals surface area contributed by atoms with Gasteiger partial charge >= 0.3 is 0 Å². The molecule has 1 aliphatic carbocycles. The van der Waals surface area contributed by atoms with Gasteiger partial charge in [0, 0.05) is 31.9 Å². The molecule has 3 heterocycles. The van der Waals surface area contributed by atoms with E-state index in [9.17, 15) is 8.42 Å². The molecule has 0 bridgehead atoms. The van der Waals surface area contributed by atoms with Crippen molar-refractivity contribution >= 4 is 27.1 Å². The summed E-state index contributed by atoms with van der Waals surface area (Å²) in [5, 5.41) is 6.36. The average molecular weight is 350 g/mol. The number of nitrogens with two attached hydrogens (primary N) is 1. The predicted octanol–water partition coefficient (Wildman–Crippen LogP) is 0.841. The van der Waals surface area contributed by atoms with E-state index in [1.807, 2.05) is 19.3 Å². The molecule has 8 nitrogen and oxygen atoms in total. The Morgan fingerprint density at radius 1 is 1.38 bits per heavy atom. The molecule has 2 fully saturated rings. The van der Waals surface area contributed by atoms with Gasteiger partial charge in [-0.3, -0.25) is 0 Å². The van der Waals surface area contributed by atoms with E-state index in [0.29, 0.717) is 18.5 Å². The van der Waals surface area contributed by atoms with Crippen LogP contribution in [0.1, 0.15) is 25.7 Å². The third kappa shape index (κ3) is 2.56. The zero-order valence-corrected chi connectivity index (χ0v) is 14.4. The minimum absolute atomic E-state index is 0.0577. The van der Waals surface area contributed by atoms with Crippen LogP contribution in [0.4, 0.5) is 5.82 Å². The second-order valence-corrected chi connectivity index (χ2v) is 8.30. The number of hydrogen-bond donors (Lipinski definition) is 2. The Kier molecular flexibility index (Phi) is 3.74. The van der Waals surface area contributed by atoms with E-state index in [1.165, 1.54) is 4.31 Å². The van der Waals surface area contributed by atoms with Crippen LogP contribution in [-0.4, -0.2) is 53.4 Å². The third-order valence-corrected chi connectivity index (χ3v) is 6.59. The van der Waals surface area contributed by atoms with E-state index in [2.05, 4.69) is 19.9 Å². The van der Waals surface area contributed by atoms with E-state index in [1.54, 1.807) is 6.33 Å². The number of nitrogens with one attached hydrogen (secondary N) is 1. The van der Waals surface area contributed by atoms with Gasteiger partial charge in [-0.2, -0.15) is 12.7 Å². The molecular formula is C15H22N6O2S. The Bertz CT molecular complexity index is 845. The van der Waals surface area contributed by atoms with Gasteiger partial charge in [0.25, 0.3) is 10.2 Å². The number of H-pyrrole nitrogens is 1. The number of nitrogens with zero attached hydrogens (tertiary/aromatic N) is 4. The van der Waals surface area contributed by atoms with Gasteiger partial charge in [0.2, 0.25) is 0 Å². The molecule has 2 aromatic rings. The highest BCUT2D eigenvalue weighted by molar-refractivity contribution is 7.86. The van der Waals surface area contributed by atoms with Gasteiger partial charge in [-0.05, 0) is 37.7 Å². The summed E-state index contributed by atoms with van der Waals surface area (Å²) in [6.07, 6.45) is 7.16. The van der Waals surface area contributed by atoms with Crippen molar-refractivity contribution < 1.29 is 8.42 Å². The maximum Gasteiger partial charge on any atom is 0.277 e. The van der Waals surface area contributed by atoms with Crippen molar-refractivity contribution in [3.8, 4) is 0 Å². The molecule has 0 spiro atoms. The molecule has 4 rings (SSSR count). The summed E-state index contributed by atoms with van der Waals surface area (Å²) >= 11 is 0. The van der Waals surface area contributed by atoms with E-state index >= 15 is 0 Å². The molecule has 9 heteroatoms. The van der Waals surface area contributed by atoms with Gasteiger partial charge in [0.15, 0.2) is 0 Å². The monoisotopic (exact) mass is 350 g/mol. The number of aromatic nitrogens is 3. The number of rotatable bonds is 4. The first-order chi connectivity index (χ1) is 11.4. The minimum Gasteiger partial charge on any atom is -0.356 e. The molecule has 0 radical (unpaired) electrons. The van der Waals surface area contributed by atoms with Gasteiger partial charge in [-0.15, -0.1) is 0 Å². The van der Waals surface area contributed by atoms with Crippen LogP contribution in [0.2, 0.25) is 0 Å². The summed E-state index contributed by atoms with van der Waals surface area (Å²) in [6, 6.07) is 2.41. The molecule has 130 valence electrons. The molecule has 2 aliphatic rings. The van der Waals surface area contributed by atoms with Crippen molar-refractivity contribution in [1.29, 1.82) is 0 Å². The van der Waals surface area contributed by atoms with Crippen LogP contribution in [0, 0.1) is 5.92 Å². The zero-order valence-electron chi connectivity index (χ0n) is 13.6. The number of aromatic amines is 1. The zero-order chi connectivity index (χ0) is 16.9. The van der Waals surface area contributed by atoms with Crippen LogP contribution in [0.3, 0.4) is 0 Å². The molecular weight excluding hydrogens is 328 g/mol. The first-order valence-electron chi connectivity index (χ1n) is 8.25. The SMILES string of the molecule is CN(c1ncnc2[nH]ccc12)[C@H]1C[C@@H](C2CCCN2S(N)(=O)=O)C1. The van der Waals surface area contributed by atoms with Crippen molar-refractivity contribution in [2.45, 2.75) is 37.8 Å². The van der Waals surface area contributed by atoms with Crippen molar-refractivity contribution in [3.63, 3.8) is 0 Å². The summed E-state index contributed by atoms with van der Waals surface area (Å²) in [6.45, 7) is 0.552. The van der Waals surface area contributed by atoms with Crippen LogP contribution in [0.15, 0.2) is 18.6 Å². The lowest BCUT2D eigenvalue weighted by Gasteiger charge is -2.45. The van der Waals surface area contributed by atoms with Crippen molar-refractivity contribution in [1.82, 2.24) is 19.3 Å². The average Bonchev–Trinajstić information content (AvgIpc) is 3.13. The highest BCUT2D eigenvalue weighted by Gasteiger charge is 2.44. The number of hydrogen-bond acceptors (Lipinski definition) is 5. The molecule has 0 amide bonds. The standard InChI is InChI=1S/C15H22N6O2S/c1-20(15-12-4-5-17-14(12)18-9-19-15)11-7-10(8-11)13-3-2-6-21(13)24(16,22)23/h4-5,9-11,13H,2-3,6-8H2,1H3,(H2,16,22,23)(H,17,18,19)/t10-,11+,13?. The number of fused-ring (bicyclic) bond motifs is 1. The first-order valence-corrected chi connectivity index (χ1v) is 9.76. The number of anilines is 1. The Labute approximate surface area is 141 Å². The van der Waals surface area contributed by atoms with E-state index in [0.717, 1.165) is 42.5 Å². The predicted molar refractivity (Wildman–Crippen MR) is 91.6 cm³/mol. The van der Waals surface area contributed by atoms with E-state index in [-0.39, 0.29) is 6.04 Å². The molecule has 0 aromatic carbocycles. The van der Waals surface area contributed by atoms with E-state index < -0.39 is 10.2 Å². The first kappa shape index (κ1) is 15.8. The van der Waals surface area contributed by atoms with Gasteiger partial charge in [0.1, 0.15) is 17.8 Å². The summed E-state index contributed by atoms with van der Waals surface area (Å²) in [5.74, 6) is 1.29. The smallest absolute Gasteiger partial charge is 0.277 e. The van der Waals surface area contributed by atoms with Crippen LogP contribution in [0.5, 0.6) is 0 Å². The second kappa shape index (κ2) is 5.68. The maximum absolute atomic E-state index is 11.7. The lowest BCUT2D eigenvalue weighted by Crippen LogP contribution is -2.52. The molecule has 2 aromatic heterocycles. The fourth-order valence-electron chi connectivity index (χ4n) is 4.13. The summed E-state index contributed by atoms with van der Waals surface area (Å²) in [5.41, 5.74) is 0.832. The van der Waals surface area contributed by atoms with Gasteiger partial charge in [-0.25, -0.2) is 15.1 Å². The quantitative estimate of drug-likeness (QED) is 0.849. The summed E-state index contributed by atoms with van der Waals surface area (Å²) in [7, 11) is -1.55. The van der Waals surface area contributed by atoms with Gasteiger partial charge in [-0.1, -0.05) is 0 Å². The lowest BCUT2D eigenvalue weighted by molar-refractivity contribution is 0.162. The largest absolute Gasteiger partial charge is 0.356 e. The summed E-state index contributed by atoms with van der Waals surface area (Å²) in [4.78, 5) is 13.9. The fraction of sp³-hybridized carbons (Fsp3) is 0.600. The molecule has 1 saturated carbocycles. The van der Waals surface area contributed by atoms with Crippen LogP contribution in [-0.2, 0) is 10.2 Å². The van der Waals surface area contributed by atoms with E-state index in [4.69, 9.17) is 5.14 Å². The Morgan fingerprint density at radius 3 is 2.92 bits per heavy atom. The second-order valence-electron chi connectivity index (χ2n) is 6.80. The van der Waals surface area contributed by atoms with Crippen LogP contribution >= 0.6 is 0 Å². The van der Waals surface area contributed by atoms with Crippen molar-refractivity contribution in [3.05, 3.63) is 18.6 Å². The third-order valence-electron chi connectivity index (χ3n) is 5.48. The molecule has 1 unspecified atom stereocenters.